The highest BCUT2D eigenvalue weighted by molar-refractivity contribution is 7.27. The van der Waals surface area contributed by atoms with Crippen molar-refractivity contribution in [1.29, 1.82) is 5.41 Å². The van der Waals surface area contributed by atoms with E-state index < -0.39 is 0 Å². The van der Waals surface area contributed by atoms with E-state index in [0.717, 1.165) is 44.2 Å². The Kier molecular flexibility index (Phi) is 6.01. The van der Waals surface area contributed by atoms with Gasteiger partial charge in [-0.15, -0.1) is 9.24 Å². The first kappa shape index (κ1) is 21.7. The first-order valence-corrected chi connectivity index (χ1v) is 10.9. The second kappa shape index (κ2) is 8.89. The van der Waals surface area contributed by atoms with Crippen LogP contribution in [0.4, 0.5) is 5.82 Å². The van der Waals surface area contributed by atoms with Crippen LogP contribution in [-0.2, 0) is 0 Å². The van der Waals surface area contributed by atoms with Crippen molar-refractivity contribution in [2.45, 2.75) is 26.8 Å². The lowest BCUT2D eigenvalue weighted by Gasteiger charge is -2.25. The number of aromatic amines is 1. The van der Waals surface area contributed by atoms with Crippen LogP contribution in [0, 0.1) is 19.3 Å². The van der Waals surface area contributed by atoms with E-state index in [4.69, 9.17) is 11.1 Å². The smallest absolute Gasteiger partial charge is 0.182 e. The molecule has 0 saturated heterocycles. The Morgan fingerprint density at radius 1 is 1.22 bits per heavy atom. The molecule has 0 saturated carbocycles. The molecule has 4 rings (SSSR count). The zero-order valence-corrected chi connectivity index (χ0v) is 19.4. The van der Waals surface area contributed by atoms with Crippen molar-refractivity contribution in [3.63, 3.8) is 0 Å². The summed E-state index contributed by atoms with van der Waals surface area (Å²) in [5, 5.41) is 12.6. The van der Waals surface area contributed by atoms with Crippen LogP contribution in [0.2, 0.25) is 0 Å². The van der Waals surface area contributed by atoms with Gasteiger partial charge in [-0.25, -0.2) is 15.0 Å². The monoisotopic (exact) mass is 443 g/mol. The fourth-order valence-corrected chi connectivity index (χ4v) is 4.30. The molecule has 2 aromatic heterocycles. The first-order chi connectivity index (χ1) is 15.4. The average Bonchev–Trinajstić information content (AvgIpc) is 3.27. The van der Waals surface area contributed by atoms with E-state index in [1.54, 1.807) is 6.33 Å². The SMILES string of the molecule is Cc1cc(C(C)Nc2ncnc3nc[nH]c23)c(-c2cccc(P)c2)c(/C(C=N)=C/N)c1C. The summed E-state index contributed by atoms with van der Waals surface area (Å²) in [6, 6.07) is 10.4. The van der Waals surface area contributed by atoms with Crippen molar-refractivity contribution in [3.05, 3.63) is 71.4 Å². The predicted molar refractivity (Wildman–Crippen MR) is 135 cm³/mol. The van der Waals surface area contributed by atoms with Crippen molar-refractivity contribution < 1.29 is 0 Å². The summed E-state index contributed by atoms with van der Waals surface area (Å²) in [4.78, 5) is 16.0. The summed E-state index contributed by atoms with van der Waals surface area (Å²) >= 11 is 0. The lowest BCUT2D eigenvalue weighted by molar-refractivity contribution is 0.873. The van der Waals surface area contributed by atoms with Gasteiger partial charge in [0.25, 0.3) is 0 Å². The lowest BCUT2D eigenvalue weighted by Crippen LogP contribution is -2.13. The summed E-state index contributed by atoms with van der Waals surface area (Å²) in [7, 11) is 2.76. The number of aromatic nitrogens is 4. The van der Waals surface area contributed by atoms with Crippen LogP contribution in [0.3, 0.4) is 0 Å². The highest BCUT2D eigenvalue weighted by atomic mass is 31.0. The van der Waals surface area contributed by atoms with E-state index in [1.807, 2.05) is 12.1 Å². The molecule has 7 nitrogen and oxygen atoms in total. The average molecular weight is 443 g/mol. The standard InChI is InChI=1S/C24H26N7P/c1-13-7-19(15(3)31-24-22-23(28-11-27-22)29-12-30-24)21(16-5-4-6-18(32)8-16)20(14(13)2)17(9-25)10-26/h4-12,15,25H,26,32H2,1-3H3,(H2,27,28,29,30,31)/b17-10+,25-9?. The van der Waals surface area contributed by atoms with Gasteiger partial charge in [-0.05, 0) is 65.5 Å². The van der Waals surface area contributed by atoms with Crippen LogP contribution in [0.5, 0.6) is 0 Å². The van der Waals surface area contributed by atoms with Crippen LogP contribution in [0.25, 0.3) is 27.9 Å². The van der Waals surface area contributed by atoms with Crippen LogP contribution < -0.4 is 16.4 Å². The van der Waals surface area contributed by atoms with Gasteiger partial charge in [0.2, 0.25) is 0 Å². The second-order valence-corrected chi connectivity index (χ2v) is 8.41. The van der Waals surface area contributed by atoms with E-state index in [1.165, 1.54) is 18.7 Å². The Morgan fingerprint density at radius 2 is 2.03 bits per heavy atom. The highest BCUT2D eigenvalue weighted by Gasteiger charge is 2.22. The number of hydrogen-bond acceptors (Lipinski definition) is 6. The third kappa shape index (κ3) is 3.87. The number of benzene rings is 2. The third-order valence-corrected chi connectivity index (χ3v) is 6.08. The molecule has 0 aliphatic heterocycles. The number of allylic oxidation sites excluding steroid dienone is 1. The summed E-state index contributed by atoms with van der Waals surface area (Å²) in [6.45, 7) is 6.26. The van der Waals surface area contributed by atoms with E-state index in [-0.39, 0.29) is 6.04 Å². The number of H-pyrrole nitrogens is 1. The Bertz CT molecular complexity index is 1340. The zero-order chi connectivity index (χ0) is 22.8. The van der Waals surface area contributed by atoms with E-state index in [2.05, 4.69) is 73.5 Å². The molecule has 0 amide bonds. The number of aryl methyl sites for hydroxylation is 1. The second-order valence-electron chi connectivity index (χ2n) is 7.74. The van der Waals surface area contributed by atoms with Gasteiger partial charge >= 0.3 is 0 Å². The Morgan fingerprint density at radius 3 is 2.75 bits per heavy atom. The topological polar surface area (TPSA) is 116 Å². The molecule has 0 aliphatic rings. The maximum absolute atomic E-state index is 7.97. The number of fused-ring (bicyclic) bond motifs is 1. The van der Waals surface area contributed by atoms with E-state index in [9.17, 15) is 0 Å². The quantitative estimate of drug-likeness (QED) is 0.262. The Balaban J connectivity index is 1.94. The fourth-order valence-electron chi connectivity index (χ4n) is 4.01. The predicted octanol–water partition coefficient (Wildman–Crippen LogP) is 4.26. The summed E-state index contributed by atoms with van der Waals surface area (Å²) in [6.07, 6.45) is 5.94. The molecule has 2 unspecified atom stereocenters. The van der Waals surface area contributed by atoms with Crippen molar-refractivity contribution in [1.82, 2.24) is 19.9 Å². The molecule has 0 aliphatic carbocycles. The molecule has 0 fully saturated rings. The van der Waals surface area contributed by atoms with Crippen LogP contribution in [-0.4, -0.2) is 26.2 Å². The van der Waals surface area contributed by atoms with Crippen molar-refractivity contribution in [3.8, 4) is 11.1 Å². The number of nitrogens with two attached hydrogens (primary N) is 1. The van der Waals surface area contributed by atoms with Gasteiger partial charge < -0.3 is 21.4 Å². The van der Waals surface area contributed by atoms with Crippen LogP contribution in [0.15, 0.2) is 49.2 Å². The minimum atomic E-state index is -0.0950. The Hall–Kier alpha value is -3.57. The maximum atomic E-state index is 7.97. The first-order valence-electron chi connectivity index (χ1n) is 10.3. The molecular formula is C24H26N7P. The number of hydrogen-bond donors (Lipinski definition) is 4. The van der Waals surface area contributed by atoms with Gasteiger partial charge in [-0.3, -0.25) is 0 Å². The molecule has 0 spiro atoms. The van der Waals surface area contributed by atoms with Crippen LogP contribution in [0.1, 0.15) is 35.2 Å². The third-order valence-electron chi connectivity index (χ3n) is 5.72. The molecule has 2 atom stereocenters. The molecule has 0 radical (unpaired) electrons. The summed E-state index contributed by atoms with van der Waals surface area (Å²) < 4.78 is 0. The van der Waals surface area contributed by atoms with Gasteiger partial charge in [-0.2, -0.15) is 0 Å². The van der Waals surface area contributed by atoms with Gasteiger partial charge in [0.05, 0.1) is 12.4 Å². The van der Waals surface area contributed by atoms with Gasteiger partial charge in [0.15, 0.2) is 11.5 Å². The highest BCUT2D eigenvalue weighted by Crippen LogP contribution is 2.39. The molecular weight excluding hydrogens is 417 g/mol. The number of nitrogens with zero attached hydrogens (tertiary/aromatic N) is 3. The largest absolute Gasteiger partial charge is 0.404 e. The van der Waals surface area contributed by atoms with Crippen molar-refractivity contribution in [2.24, 2.45) is 5.73 Å². The molecule has 4 aromatic rings. The zero-order valence-electron chi connectivity index (χ0n) is 18.3. The number of nitrogens with one attached hydrogen (secondary N) is 3. The van der Waals surface area contributed by atoms with Gasteiger partial charge in [0.1, 0.15) is 11.8 Å². The van der Waals surface area contributed by atoms with Gasteiger partial charge in [0, 0.05) is 18.0 Å². The fraction of sp³-hybridized carbons (Fsp3) is 0.167. The maximum Gasteiger partial charge on any atom is 0.182 e. The summed E-state index contributed by atoms with van der Waals surface area (Å²) in [5.41, 5.74) is 14.4. The van der Waals surface area contributed by atoms with Gasteiger partial charge in [-0.1, -0.05) is 24.3 Å². The normalized spacial score (nSPS) is 12.7. The molecule has 8 heteroatoms. The molecule has 162 valence electrons. The minimum Gasteiger partial charge on any atom is -0.404 e. The number of imidazole rings is 1. The molecule has 32 heavy (non-hydrogen) atoms. The van der Waals surface area contributed by atoms with Crippen molar-refractivity contribution in [2.75, 3.05) is 5.32 Å². The van der Waals surface area contributed by atoms with Crippen molar-refractivity contribution >= 4 is 43.3 Å². The molecule has 0 bridgehead atoms. The number of anilines is 1. The lowest BCUT2D eigenvalue weighted by atomic mass is 9.83. The summed E-state index contributed by atoms with van der Waals surface area (Å²) in [5.74, 6) is 0.687. The van der Waals surface area contributed by atoms with E-state index >= 15 is 0 Å². The molecule has 2 aromatic carbocycles. The minimum absolute atomic E-state index is 0.0950. The molecule has 2 heterocycles. The molecule has 5 N–H and O–H groups in total. The Labute approximate surface area is 189 Å². The number of rotatable bonds is 6. The van der Waals surface area contributed by atoms with E-state index in [0.29, 0.717) is 17.0 Å². The van der Waals surface area contributed by atoms with Crippen LogP contribution >= 0.6 is 9.24 Å².